The number of methoxy groups -OCH3 is 1. The van der Waals surface area contributed by atoms with Crippen LogP contribution in [-0.4, -0.2) is 7.11 Å². The summed E-state index contributed by atoms with van der Waals surface area (Å²) in [4.78, 5) is 0. The number of hydrogen-bond acceptors (Lipinski definition) is 2. The zero-order valence-corrected chi connectivity index (χ0v) is 22.7. The molecule has 37 heavy (non-hydrogen) atoms. The van der Waals surface area contributed by atoms with Gasteiger partial charge in [-0.05, 0) is 119 Å². The van der Waals surface area contributed by atoms with Crippen molar-refractivity contribution in [2.75, 3.05) is 7.11 Å². The Bertz CT molecular complexity index is 1330. The predicted octanol–water partition coefficient (Wildman–Crippen LogP) is 8.99. The number of aryl methyl sites for hydroxylation is 1. The Labute approximate surface area is 221 Å². The van der Waals surface area contributed by atoms with Crippen LogP contribution in [0.15, 0.2) is 54.6 Å². The van der Waals surface area contributed by atoms with Gasteiger partial charge in [0.15, 0.2) is 0 Å². The molecule has 194 valence electrons. The quantitative estimate of drug-likeness (QED) is 0.338. The Balaban J connectivity index is 1.31. The third kappa shape index (κ3) is 4.15. The minimum atomic E-state index is -0.209. The van der Waals surface area contributed by atoms with Crippen LogP contribution in [0.4, 0.5) is 4.39 Å². The smallest absolute Gasteiger partial charge is 0.131 e. The maximum Gasteiger partial charge on any atom is 0.131 e. The van der Waals surface area contributed by atoms with E-state index < -0.39 is 0 Å². The molecule has 3 aromatic carbocycles. The molecular formula is C34H39FO2. The lowest BCUT2D eigenvalue weighted by Crippen LogP contribution is -2.40. The molecule has 3 aliphatic carbocycles. The Hall–Kier alpha value is -2.81. The fourth-order valence-corrected chi connectivity index (χ4v) is 7.52. The summed E-state index contributed by atoms with van der Waals surface area (Å²) >= 11 is 0. The minimum absolute atomic E-state index is 0.178. The molecule has 0 saturated heterocycles. The molecule has 6 rings (SSSR count). The highest BCUT2D eigenvalue weighted by Crippen LogP contribution is 2.57. The van der Waals surface area contributed by atoms with E-state index in [2.05, 4.69) is 57.2 Å². The highest BCUT2D eigenvalue weighted by atomic mass is 19.1. The second-order valence-electron chi connectivity index (χ2n) is 12.4. The maximum absolute atomic E-state index is 15.1. The van der Waals surface area contributed by atoms with E-state index in [4.69, 9.17) is 9.47 Å². The second-order valence-corrected chi connectivity index (χ2v) is 12.4. The van der Waals surface area contributed by atoms with Crippen molar-refractivity contribution in [3.05, 3.63) is 82.7 Å². The van der Waals surface area contributed by atoms with Gasteiger partial charge in [0.2, 0.25) is 0 Å². The summed E-state index contributed by atoms with van der Waals surface area (Å²) in [5.41, 5.74) is 7.55. The maximum atomic E-state index is 15.1. The van der Waals surface area contributed by atoms with Gasteiger partial charge in [-0.15, -0.1) is 0 Å². The van der Waals surface area contributed by atoms with Gasteiger partial charge in [-0.3, -0.25) is 0 Å². The van der Waals surface area contributed by atoms with Gasteiger partial charge in [0.25, 0.3) is 0 Å². The molecule has 0 unspecified atom stereocenters. The molecule has 0 N–H and O–H groups in total. The molecule has 0 bridgehead atoms. The Morgan fingerprint density at radius 1 is 0.892 bits per heavy atom. The lowest BCUT2D eigenvalue weighted by atomic mass is 9.58. The fraction of sp³-hybridized carbons (Fsp3) is 0.471. The Kier molecular flexibility index (Phi) is 6.09. The van der Waals surface area contributed by atoms with Gasteiger partial charge in [0.1, 0.15) is 23.9 Å². The highest BCUT2D eigenvalue weighted by molar-refractivity contribution is 5.71. The van der Waals surface area contributed by atoms with Gasteiger partial charge in [0.05, 0.1) is 7.11 Å². The lowest BCUT2D eigenvalue weighted by molar-refractivity contribution is 0.138. The zero-order valence-electron chi connectivity index (χ0n) is 22.7. The topological polar surface area (TPSA) is 18.5 Å². The monoisotopic (exact) mass is 498 g/mol. The SMILES string of the molecule is COc1ccc(F)c(-c2ccc(COc3ccc4c(c3)[C@]3(CC4)CC[C@@H]3C)cc2[C@@H]2CCCC2(C)C)c1. The van der Waals surface area contributed by atoms with Crippen LogP contribution >= 0.6 is 0 Å². The van der Waals surface area contributed by atoms with Crippen LogP contribution in [0.3, 0.4) is 0 Å². The van der Waals surface area contributed by atoms with Gasteiger partial charge in [-0.25, -0.2) is 4.39 Å². The summed E-state index contributed by atoms with van der Waals surface area (Å²) < 4.78 is 26.9. The van der Waals surface area contributed by atoms with E-state index in [9.17, 15) is 0 Å². The van der Waals surface area contributed by atoms with Crippen molar-refractivity contribution in [1.29, 1.82) is 0 Å². The average Bonchev–Trinajstić information content (AvgIpc) is 3.47. The van der Waals surface area contributed by atoms with Crippen molar-refractivity contribution in [2.45, 2.75) is 83.7 Å². The molecule has 2 saturated carbocycles. The van der Waals surface area contributed by atoms with Crippen LogP contribution in [0.5, 0.6) is 11.5 Å². The van der Waals surface area contributed by atoms with Crippen molar-refractivity contribution >= 4 is 0 Å². The summed E-state index contributed by atoms with van der Waals surface area (Å²) in [5.74, 6) is 2.58. The first-order valence-electron chi connectivity index (χ1n) is 14.0. The van der Waals surface area contributed by atoms with E-state index in [-0.39, 0.29) is 11.2 Å². The van der Waals surface area contributed by atoms with Gasteiger partial charge in [0, 0.05) is 5.56 Å². The third-order valence-corrected chi connectivity index (χ3v) is 10.0. The first-order chi connectivity index (χ1) is 17.8. The van der Waals surface area contributed by atoms with Crippen LogP contribution in [-0.2, 0) is 18.4 Å². The van der Waals surface area contributed by atoms with Gasteiger partial charge >= 0.3 is 0 Å². The normalized spacial score (nSPS) is 25.6. The molecule has 2 fully saturated rings. The molecule has 3 heteroatoms. The van der Waals surface area contributed by atoms with Crippen molar-refractivity contribution < 1.29 is 13.9 Å². The van der Waals surface area contributed by atoms with E-state index in [1.165, 1.54) is 61.3 Å². The second kappa shape index (κ2) is 9.19. The van der Waals surface area contributed by atoms with E-state index in [0.717, 1.165) is 29.2 Å². The third-order valence-electron chi connectivity index (χ3n) is 10.0. The number of rotatable bonds is 6. The average molecular weight is 499 g/mol. The fourth-order valence-electron chi connectivity index (χ4n) is 7.52. The molecule has 0 aliphatic heterocycles. The summed E-state index contributed by atoms with van der Waals surface area (Å²) in [6, 6.07) is 18.2. The number of fused-ring (bicyclic) bond motifs is 2. The number of ether oxygens (including phenoxy) is 2. The molecule has 2 nitrogen and oxygen atoms in total. The first kappa shape index (κ1) is 24.5. The molecular weight excluding hydrogens is 459 g/mol. The number of halogens is 1. The van der Waals surface area contributed by atoms with Crippen LogP contribution in [0.1, 0.15) is 87.5 Å². The molecule has 3 aliphatic rings. The Morgan fingerprint density at radius 2 is 1.73 bits per heavy atom. The van der Waals surface area contributed by atoms with Crippen molar-refractivity contribution in [3.8, 4) is 22.6 Å². The van der Waals surface area contributed by atoms with Crippen LogP contribution in [0, 0.1) is 17.2 Å². The van der Waals surface area contributed by atoms with E-state index in [0.29, 0.717) is 29.3 Å². The molecule has 0 aromatic heterocycles. The van der Waals surface area contributed by atoms with Crippen molar-refractivity contribution in [2.24, 2.45) is 11.3 Å². The summed E-state index contributed by atoms with van der Waals surface area (Å²) in [5, 5.41) is 0. The van der Waals surface area contributed by atoms with E-state index in [1.54, 1.807) is 13.2 Å². The highest BCUT2D eigenvalue weighted by Gasteiger charge is 2.49. The van der Waals surface area contributed by atoms with Crippen molar-refractivity contribution in [3.63, 3.8) is 0 Å². The molecule has 1 spiro atoms. The summed E-state index contributed by atoms with van der Waals surface area (Å²) in [7, 11) is 1.63. The number of benzene rings is 3. The van der Waals surface area contributed by atoms with Crippen LogP contribution in [0.2, 0.25) is 0 Å². The first-order valence-corrected chi connectivity index (χ1v) is 14.0. The zero-order chi connectivity index (χ0) is 25.8. The summed E-state index contributed by atoms with van der Waals surface area (Å²) in [6.07, 6.45) is 8.65. The minimum Gasteiger partial charge on any atom is -0.497 e. The molecule has 3 atom stereocenters. The Morgan fingerprint density at radius 3 is 2.43 bits per heavy atom. The largest absolute Gasteiger partial charge is 0.497 e. The molecule has 0 amide bonds. The number of hydrogen-bond donors (Lipinski definition) is 0. The molecule has 0 heterocycles. The standard InChI is InChI=1S/C34H39FO2/c1-22-13-16-34(22)17-14-24-8-9-26(20-31(24)34)37-21-23-7-11-27(29-19-25(36-4)10-12-32(29)35)28(18-23)30-6-5-15-33(30,2)3/h7-12,18-20,22,30H,5-6,13-17,21H2,1-4H3/t22-,30-,34-/m0/s1. The van der Waals surface area contributed by atoms with Gasteiger partial charge in [-0.2, -0.15) is 0 Å². The van der Waals surface area contributed by atoms with Gasteiger partial charge < -0.3 is 9.47 Å². The van der Waals surface area contributed by atoms with E-state index in [1.807, 2.05) is 6.07 Å². The lowest BCUT2D eigenvalue weighted by Gasteiger charge is -2.46. The predicted molar refractivity (Wildman–Crippen MR) is 148 cm³/mol. The van der Waals surface area contributed by atoms with Gasteiger partial charge in [-0.1, -0.05) is 51.5 Å². The summed E-state index contributed by atoms with van der Waals surface area (Å²) in [6.45, 7) is 7.62. The van der Waals surface area contributed by atoms with Crippen LogP contribution in [0.25, 0.3) is 11.1 Å². The molecule has 0 radical (unpaired) electrons. The van der Waals surface area contributed by atoms with Crippen molar-refractivity contribution in [1.82, 2.24) is 0 Å². The van der Waals surface area contributed by atoms with Crippen LogP contribution < -0.4 is 9.47 Å². The molecule has 3 aromatic rings. The van der Waals surface area contributed by atoms with E-state index >= 15 is 4.39 Å².